The fourth-order valence-electron chi connectivity index (χ4n) is 4.80. The maximum Gasteiger partial charge on any atom is 0.306 e. The van der Waals surface area contributed by atoms with Gasteiger partial charge in [-0.3, -0.25) is 4.79 Å². The number of carbonyl (C=O) groups excluding carboxylic acids is 1. The van der Waals surface area contributed by atoms with Crippen LogP contribution >= 0.6 is 0 Å². The van der Waals surface area contributed by atoms with Crippen LogP contribution in [0.25, 0.3) is 0 Å². The number of β-amino-alcohol motifs (C(OH)–C–C–N with tert-alkyl or cyclic N) is 1. The van der Waals surface area contributed by atoms with Crippen LogP contribution in [0.2, 0.25) is 0 Å². The molecule has 206 valence electrons. The quantitative estimate of drug-likeness (QED) is 0.240. The molecule has 2 rings (SSSR count). The highest BCUT2D eigenvalue weighted by molar-refractivity contribution is 5.69. The summed E-state index contributed by atoms with van der Waals surface area (Å²) in [6.07, 6.45) is 5.30. The van der Waals surface area contributed by atoms with Crippen molar-refractivity contribution in [2.24, 2.45) is 0 Å². The lowest BCUT2D eigenvalue weighted by Gasteiger charge is -2.29. The zero-order valence-corrected chi connectivity index (χ0v) is 23.9. The zero-order chi connectivity index (χ0) is 27.3. The van der Waals surface area contributed by atoms with E-state index in [9.17, 15) is 9.90 Å². The maximum absolute atomic E-state index is 12.0. The van der Waals surface area contributed by atoms with Crippen LogP contribution in [0.1, 0.15) is 93.7 Å². The van der Waals surface area contributed by atoms with E-state index in [0.717, 1.165) is 48.8 Å². The monoisotopic (exact) mass is 511 g/mol. The first-order valence-electron chi connectivity index (χ1n) is 14.0. The summed E-state index contributed by atoms with van der Waals surface area (Å²) in [6.45, 7) is 13.8. The first-order chi connectivity index (χ1) is 17.7. The standard InChI is InChI=1S/C32H49NO4/c1-7-13-30(29-18-11-15-25(4)28(29)19-20-31(35)36-8-2)37-23-27(34)22-33-32(5,6)21-12-17-26-16-10-9-14-24(26)3/h9-11,14-16,18,27,30,33-34H,7-8,12-13,17,19-23H2,1-6H3. The van der Waals surface area contributed by atoms with Crippen LogP contribution in [-0.4, -0.2) is 42.5 Å². The topological polar surface area (TPSA) is 67.8 Å². The van der Waals surface area contributed by atoms with E-state index >= 15 is 0 Å². The minimum Gasteiger partial charge on any atom is -0.466 e. The number of aliphatic hydroxyl groups is 1. The summed E-state index contributed by atoms with van der Waals surface area (Å²) >= 11 is 0. The molecule has 0 saturated heterocycles. The molecule has 0 bridgehead atoms. The van der Waals surface area contributed by atoms with Gasteiger partial charge in [-0.25, -0.2) is 0 Å². The third-order valence-corrected chi connectivity index (χ3v) is 7.04. The number of benzene rings is 2. The van der Waals surface area contributed by atoms with E-state index in [0.29, 0.717) is 26.0 Å². The van der Waals surface area contributed by atoms with Gasteiger partial charge in [-0.2, -0.15) is 0 Å². The number of aryl methyl sites for hydroxylation is 3. The van der Waals surface area contributed by atoms with Gasteiger partial charge in [0, 0.05) is 18.5 Å². The van der Waals surface area contributed by atoms with Gasteiger partial charge in [0.15, 0.2) is 0 Å². The van der Waals surface area contributed by atoms with Crippen molar-refractivity contribution in [1.82, 2.24) is 5.32 Å². The second-order valence-electron chi connectivity index (χ2n) is 10.8. The molecule has 0 saturated carbocycles. The largest absolute Gasteiger partial charge is 0.466 e. The lowest BCUT2D eigenvalue weighted by molar-refractivity contribution is -0.143. The van der Waals surface area contributed by atoms with E-state index in [4.69, 9.17) is 9.47 Å². The molecule has 2 unspecified atom stereocenters. The number of nitrogens with one attached hydrogen (secondary N) is 1. The van der Waals surface area contributed by atoms with Crippen molar-refractivity contribution in [3.05, 3.63) is 70.3 Å². The second-order valence-corrected chi connectivity index (χ2v) is 10.8. The number of ether oxygens (including phenoxy) is 2. The van der Waals surface area contributed by atoms with E-state index in [-0.39, 0.29) is 24.2 Å². The summed E-state index contributed by atoms with van der Waals surface area (Å²) < 4.78 is 11.4. The summed E-state index contributed by atoms with van der Waals surface area (Å²) in [5.74, 6) is -0.173. The molecule has 2 atom stereocenters. The molecule has 0 aromatic heterocycles. The number of esters is 1. The van der Waals surface area contributed by atoms with E-state index in [1.807, 2.05) is 13.0 Å². The van der Waals surface area contributed by atoms with Crippen molar-refractivity contribution < 1.29 is 19.4 Å². The molecule has 5 nitrogen and oxygen atoms in total. The highest BCUT2D eigenvalue weighted by atomic mass is 16.5. The molecule has 2 N–H and O–H groups in total. The summed E-state index contributed by atoms with van der Waals surface area (Å²) in [4.78, 5) is 12.0. The van der Waals surface area contributed by atoms with Crippen LogP contribution in [-0.2, 0) is 27.1 Å². The van der Waals surface area contributed by atoms with Crippen LogP contribution in [0.4, 0.5) is 0 Å². The number of hydrogen-bond donors (Lipinski definition) is 2. The third-order valence-electron chi connectivity index (χ3n) is 7.04. The zero-order valence-electron chi connectivity index (χ0n) is 23.9. The molecule has 0 aliphatic carbocycles. The van der Waals surface area contributed by atoms with Gasteiger partial charge < -0.3 is 19.9 Å². The van der Waals surface area contributed by atoms with Crippen molar-refractivity contribution in [1.29, 1.82) is 0 Å². The number of hydrogen-bond acceptors (Lipinski definition) is 5. The smallest absolute Gasteiger partial charge is 0.306 e. The SMILES string of the molecule is CCCC(OCC(O)CNC(C)(C)CCCc1ccccc1C)c1cccc(C)c1CCC(=O)OCC. The number of rotatable bonds is 17. The van der Waals surface area contributed by atoms with Gasteiger partial charge in [0.25, 0.3) is 0 Å². The Kier molecular flexibility index (Phi) is 13.3. The molecular formula is C32H49NO4. The van der Waals surface area contributed by atoms with Crippen molar-refractivity contribution in [2.75, 3.05) is 19.8 Å². The average Bonchev–Trinajstić information content (AvgIpc) is 2.86. The summed E-state index contributed by atoms with van der Waals surface area (Å²) in [6, 6.07) is 14.8. The Bertz CT molecular complexity index is 956. The van der Waals surface area contributed by atoms with E-state index in [1.54, 1.807) is 0 Å². The molecule has 0 spiro atoms. The van der Waals surface area contributed by atoms with Gasteiger partial charge in [0.05, 0.1) is 25.4 Å². The molecule has 0 aliphatic heterocycles. The van der Waals surface area contributed by atoms with Crippen LogP contribution in [0.3, 0.4) is 0 Å². The van der Waals surface area contributed by atoms with Gasteiger partial charge in [-0.15, -0.1) is 0 Å². The molecular weight excluding hydrogens is 462 g/mol. The third kappa shape index (κ3) is 11.0. The summed E-state index contributed by atoms with van der Waals surface area (Å²) in [5, 5.41) is 14.3. The Hall–Kier alpha value is -2.21. The van der Waals surface area contributed by atoms with Gasteiger partial charge in [0.2, 0.25) is 0 Å². The van der Waals surface area contributed by atoms with Crippen molar-refractivity contribution in [3.63, 3.8) is 0 Å². The van der Waals surface area contributed by atoms with Crippen molar-refractivity contribution in [2.45, 2.75) is 104 Å². The highest BCUT2D eigenvalue weighted by Gasteiger charge is 2.21. The van der Waals surface area contributed by atoms with Crippen LogP contribution < -0.4 is 5.32 Å². The predicted molar refractivity (Wildman–Crippen MR) is 152 cm³/mol. The summed E-state index contributed by atoms with van der Waals surface area (Å²) in [7, 11) is 0. The Morgan fingerprint density at radius 2 is 1.76 bits per heavy atom. The van der Waals surface area contributed by atoms with Crippen molar-refractivity contribution in [3.8, 4) is 0 Å². The van der Waals surface area contributed by atoms with Gasteiger partial charge in [0.1, 0.15) is 0 Å². The van der Waals surface area contributed by atoms with Gasteiger partial charge in [-0.05, 0) is 94.5 Å². The molecule has 0 amide bonds. The van der Waals surface area contributed by atoms with E-state index in [1.165, 1.54) is 11.1 Å². The first-order valence-corrected chi connectivity index (χ1v) is 14.0. The highest BCUT2D eigenvalue weighted by Crippen LogP contribution is 2.29. The average molecular weight is 512 g/mol. The number of carbonyl (C=O) groups is 1. The molecule has 0 heterocycles. The van der Waals surface area contributed by atoms with Crippen molar-refractivity contribution >= 4 is 5.97 Å². The second kappa shape index (κ2) is 15.9. The van der Waals surface area contributed by atoms with Gasteiger partial charge in [-0.1, -0.05) is 55.8 Å². The van der Waals surface area contributed by atoms with Crippen LogP contribution in [0.5, 0.6) is 0 Å². The lowest BCUT2D eigenvalue weighted by Crippen LogP contribution is -2.44. The minimum atomic E-state index is -0.595. The molecule has 0 aliphatic rings. The minimum absolute atomic E-state index is 0.0662. The van der Waals surface area contributed by atoms with E-state index < -0.39 is 6.10 Å². The fraction of sp³-hybridized carbons (Fsp3) is 0.594. The fourth-order valence-corrected chi connectivity index (χ4v) is 4.80. The number of aliphatic hydroxyl groups excluding tert-OH is 1. The predicted octanol–water partition coefficient (Wildman–Crippen LogP) is 6.41. The Morgan fingerprint density at radius 3 is 2.46 bits per heavy atom. The van der Waals surface area contributed by atoms with Crippen LogP contribution in [0.15, 0.2) is 42.5 Å². The molecule has 2 aromatic rings. The lowest BCUT2D eigenvalue weighted by atomic mass is 9.92. The van der Waals surface area contributed by atoms with E-state index in [2.05, 4.69) is 76.3 Å². The Balaban J connectivity index is 1.89. The van der Waals surface area contributed by atoms with Gasteiger partial charge >= 0.3 is 5.97 Å². The molecule has 0 fully saturated rings. The maximum atomic E-state index is 12.0. The molecule has 37 heavy (non-hydrogen) atoms. The molecule has 0 radical (unpaired) electrons. The first kappa shape index (κ1) is 31.0. The normalized spacial score (nSPS) is 13.4. The molecule has 5 heteroatoms. The Morgan fingerprint density at radius 1 is 1.03 bits per heavy atom. The summed E-state index contributed by atoms with van der Waals surface area (Å²) in [5.41, 5.74) is 6.11. The van der Waals surface area contributed by atoms with Crippen LogP contribution in [0, 0.1) is 13.8 Å². The Labute approximate surface area is 225 Å². The molecule has 2 aromatic carbocycles.